The fourth-order valence-corrected chi connectivity index (χ4v) is 2.95. The van der Waals surface area contributed by atoms with Crippen LogP contribution in [0.25, 0.3) is 9.40 Å². The van der Waals surface area contributed by atoms with Gasteiger partial charge in [0.2, 0.25) is 0 Å². The van der Waals surface area contributed by atoms with Crippen LogP contribution in [0.1, 0.15) is 10.4 Å². The fourth-order valence-electron chi connectivity index (χ4n) is 0.995. The van der Waals surface area contributed by atoms with E-state index in [2.05, 4.69) is 0 Å². The molecule has 0 saturated heterocycles. The molecule has 12 heavy (non-hydrogen) atoms. The maximum Gasteiger partial charge on any atom is 0.337 e. The molecule has 0 aliphatic carbocycles. The van der Waals surface area contributed by atoms with Crippen LogP contribution in [0.5, 0.6) is 5.75 Å². The normalized spacial score (nSPS) is 10.7. The van der Waals surface area contributed by atoms with Crippen LogP contribution < -0.4 is 0 Å². The number of hydrogen-bond donors (Lipinski definition) is 2. The number of rotatable bonds is 1. The molecule has 0 aliphatic rings. The number of aromatic hydroxyl groups is 1. The Morgan fingerprint density at radius 2 is 2.00 bits per heavy atom. The molecule has 2 rings (SSSR count). The molecule has 2 aromatic heterocycles. The Balaban J connectivity index is 2.83. The Kier molecular flexibility index (Phi) is 1.55. The Hall–Kier alpha value is -1.07. The van der Waals surface area contributed by atoms with Crippen molar-refractivity contribution in [2.45, 2.75) is 0 Å². The van der Waals surface area contributed by atoms with Gasteiger partial charge >= 0.3 is 5.97 Å². The third-order valence-corrected chi connectivity index (χ3v) is 3.63. The van der Waals surface area contributed by atoms with Gasteiger partial charge in [0.05, 0.1) is 15.0 Å². The number of thiophene rings is 2. The second kappa shape index (κ2) is 2.46. The monoisotopic (exact) mass is 200 g/mol. The minimum absolute atomic E-state index is 0.0636. The van der Waals surface area contributed by atoms with Crippen molar-refractivity contribution in [3.8, 4) is 5.75 Å². The summed E-state index contributed by atoms with van der Waals surface area (Å²) < 4.78 is 0.852. The van der Waals surface area contributed by atoms with Crippen LogP contribution in [0.2, 0.25) is 0 Å². The van der Waals surface area contributed by atoms with Crippen molar-refractivity contribution in [1.82, 2.24) is 0 Å². The Bertz CT molecular complexity index is 440. The molecule has 0 fully saturated rings. The van der Waals surface area contributed by atoms with Crippen molar-refractivity contribution < 1.29 is 15.0 Å². The highest BCUT2D eigenvalue weighted by molar-refractivity contribution is 7.37. The zero-order valence-electron chi connectivity index (χ0n) is 5.77. The molecule has 2 aromatic rings. The molecule has 3 nitrogen and oxygen atoms in total. The summed E-state index contributed by atoms with van der Waals surface area (Å²) in [6, 6.07) is 0. The Morgan fingerprint density at radius 3 is 2.67 bits per heavy atom. The highest BCUT2D eigenvalue weighted by atomic mass is 32.2. The lowest BCUT2D eigenvalue weighted by Gasteiger charge is -1.87. The van der Waals surface area contributed by atoms with E-state index in [4.69, 9.17) is 5.11 Å². The lowest BCUT2D eigenvalue weighted by Crippen LogP contribution is -1.92. The van der Waals surface area contributed by atoms with Crippen LogP contribution in [0.15, 0.2) is 10.8 Å². The van der Waals surface area contributed by atoms with E-state index in [0.717, 1.165) is 4.01 Å². The minimum atomic E-state index is -0.991. The minimum Gasteiger partial charge on any atom is -0.506 e. The maximum atomic E-state index is 10.6. The van der Waals surface area contributed by atoms with Crippen LogP contribution in [0, 0.1) is 0 Å². The average molecular weight is 200 g/mol. The summed E-state index contributed by atoms with van der Waals surface area (Å²) in [7, 11) is 0. The number of carbonyl (C=O) groups is 1. The van der Waals surface area contributed by atoms with Crippen molar-refractivity contribution in [2.24, 2.45) is 0 Å². The van der Waals surface area contributed by atoms with E-state index >= 15 is 0 Å². The van der Waals surface area contributed by atoms with Crippen LogP contribution in [-0.4, -0.2) is 16.2 Å². The van der Waals surface area contributed by atoms with Crippen LogP contribution in [0.3, 0.4) is 0 Å². The van der Waals surface area contributed by atoms with Crippen LogP contribution in [-0.2, 0) is 0 Å². The second-order valence-electron chi connectivity index (χ2n) is 2.24. The van der Waals surface area contributed by atoms with E-state index in [1.54, 1.807) is 10.8 Å². The van der Waals surface area contributed by atoms with Crippen molar-refractivity contribution >= 4 is 38.0 Å². The average Bonchev–Trinajstić information content (AvgIpc) is 2.53. The molecule has 5 heteroatoms. The highest BCUT2D eigenvalue weighted by Crippen LogP contribution is 2.38. The summed E-state index contributed by atoms with van der Waals surface area (Å²) >= 11 is 2.70. The summed E-state index contributed by atoms with van der Waals surface area (Å²) in [5.74, 6) is -0.927. The largest absolute Gasteiger partial charge is 0.506 e. The van der Waals surface area contributed by atoms with Gasteiger partial charge in [0, 0.05) is 10.8 Å². The fraction of sp³-hybridized carbons (Fsp3) is 0. The van der Waals surface area contributed by atoms with Gasteiger partial charge < -0.3 is 10.2 Å². The molecule has 2 heterocycles. The SMILES string of the molecule is O=C(O)c1csc2scc(O)c12. The summed E-state index contributed by atoms with van der Waals surface area (Å²) in [4.78, 5) is 10.6. The van der Waals surface area contributed by atoms with Gasteiger partial charge in [-0.15, -0.1) is 22.7 Å². The maximum absolute atomic E-state index is 10.6. The molecule has 0 aromatic carbocycles. The van der Waals surface area contributed by atoms with E-state index in [-0.39, 0.29) is 11.3 Å². The van der Waals surface area contributed by atoms with Crippen LogP contribution >= 0.6 is 22.7 Å². The quantitative estimate of drug-likeness (QED) is 0.743. The first-order chi connectivity index (χ1) is 5.70. The lowest BCUT2D eigenvalue weighted by atomic mass is 10.2. The van der Waals surface area contributed by atoms with Crippen molar-refractivity contribution in [1.29, 1.82) is 0 Å². The first-order valence-electron chi connectivity index (χ1n) is 3.11. The molecule has 0 aliphatic heterocycles. The zero-order valence-corrected chi connectivity index (χ0v) is 7.41. The summed E-state index contributed by atoms with van der Waals surface area (Å²) in [5.41, 5.74) is 0.189. The predicted molar refractivity (Wildman–Crippen MR) is 48.3 cm³/mol. The van der Waals surface area contributed by atoms with Gasteiger partial charge in [0.15, 0.2) is 0 Å². The number of hydrogen-bond acceptors (Lipinski definition) is 4. The van der Waals surface area contributed by atoms with E-state index in [1.165, 1.54) is 22.7 Å². The van der Waals surface area contributed by atoms with Gasteiger partial charge in [-0.2, -0.15) is 0 Å². The molecule has 0 amide bonds. The summed E-state index contributed by atoms with van der Waals surface area (Å²) in [6.45, 7) is 0. The van der Waals surface area contributed by atoms with Gasteiger partial charge in [0.1, 0.15) is 5.75 Å². The summed E-state index contributed by atoms with van der Waals surface area (Å²) in [5, 5.41) is 21.6. The Labute approximate surface area is 75.5 Å². The third kappa shape index (κ3) is 0.904. The molecular weight excluding hydrogens is 196 g/mol. The first kappa shape index (κ1) is 7.57. The Morgan fingerprint density at radius 1 is 1.33 bits per heavy atom. The van der Waals surface area contributed by atoms with Gasteiger partial charge in [0.25, 0.3) is 0 Å². The number of carboxylic acids is 1. The van der Waals surface area contributed by atoms with Crippen molar-refractivity contribution in [3.05, 3.63) is 16.3 Å². The van der Waals surface area contributed by atoms with Crippen LogP contribution in [0.4, 0.5) is 0 Å². The molecule has 62 valence electrons. The van der Waals surface area contributed by atoms with E-state index in [0.29, 0.717) is 5.39 Å². The van der Waals surface area contributed by atoms with Gasteiger partial charge in [-0.25, -0.2) is 4.79 Å². The second-order valence-corrected chi connectivity index (χ2v) is 4.26. The molecular formula is C7H4O3S2. The smallest absolute Gasteiger partial charge is 0.337 e. The molecule has 0 unspecified atom stereocenters. The molecule has 2 N–H and O–H groups in total. The molecule has 0 radical (unpaired) electrons. The van der Waals surface area contributed by atoms with Gasteiger partial charge in [-0.05, 0) is 0 Å². The molecule has 0 spiro atoms. The highest BCUT2D eigenvalue weighted by Gasteiger charge is 2.15. The number of fused-ring (bicyclic) bond motifs is 1. The molecule has 0 bridgehead atoms. The van der Waals surface area contributed by atoms with E-state index in [9.17, 15) is 9.90 Å². The topological polar surface area (TPSA) is 57.5 Å². The van der Waals surface area contributed by atoms with Crippen molar-refractivity contribution in [3.63, 3.8) is 0 Å². The zero-order chi connectivity index (χ0) is 8.72. The number of aromatic carboxylic acids is 1. The summed E-state index contributed by atoms with van der Waals surface area (Å²) in [6.07, 6.45) is 0. The molecule has 0 atom stereocenters. The molecule has 0 saturated carbocycles. The van der Waals surface area contributed by atoms with Gasteiger partial charge in [-0.3, -0.25) is 0 Å². The third-order valence-electron chi connectivity index (χ3n) is 1.52. The standard InChI is InChI=1S/C7H4O3S2/c8-4-2-12-7-5(4)3(1-11-7)6(9)10/h1-2,8H,(H,9,10). The first-order valence-corrected chi connectivity index (χ1v) is 4.87. The lowest BCUT2D eigenvalue weighted by molar-refractivity contribution is 0.0699. The number of carboxylic acid groups (broad SMARTS) is 1. The van der Waals surface area contributed by atoms with Gasteiger partial charge in [-0.1, -0.05) is 0 Å². The predicted octanol–water partition coefficient (Wildman–Crippen LogP) is 2.37. The van der Waals surface area contributed by atoms with E-state index < -0.39 is 5.97 Å². The van der Waals surface area contributed by atoms with E-state index in [1.807, 2.05) is 0 Å². The van der Waals surface area contributed by atoms with Crippen molar-refractivity contribution in [2.75, 3.05) is 0 Å².